The van der Waals surface area contributed by atoms with Crippen LogP contribution >= 0.6 is 0 Å². The van der Waals surface area contributed by atoms with E-state index in [-0.39, 0.29) is 5.69 Å². The normalized spacial score (nSPS) is 15.6. The van der Waals surface area contributed by atoms with Gasteiger partial charge in [0.25, 0.3) is 5.69 Å². The van der Waals surface area contributed by atoms with Crippen LogP contribution in [0.15, 0.2) is 24.8 Å². The van der Waals surface area contributed by atoms with E-state index in [1.165, 1.54) is 6.07 Å². The number of anilines is 1. The number of nitrogens with zero attached hydrogens (tertiary/aromatic N) is 2. The van der Waals surface area contributed by atoms with Crippen molar-refractivity contribution in [3.05, 3.63) is 40.5 Å². The predicted molar refractivity (Wildman–Crippen MR) is 66.2 cm³/mol. The van der Waals surface area contributed by atoms with Crippen molar-refractivity contribution in [3.63, 3.8) is 0 Å². The molecule has 0 N–H and O–H groups in total. The molecule has 1 saturated heterocycles. The lowest BCUT2D eigenvalue weighted by atomic mass is 10.1. The number of nitro groups is 1. The molecule has 0 amide bonds. The Balaban J connectivity index is 2.33. The predicted octanol–water partition coefficient (Wildman–Crippen LogP) is 2.07. The summed E-state index contributed by atoms with van der Waals surface area (Å²) >= 11 is 0. The summed E-state index contributed by atoms with van der Waals surface area (Å²) in [7, 11) is 0. The summed E-state index contributed by atoms with van der Waals surface area (Å²) in [5.74, 6) is 0. The number of non-ortho nitro benzene ring substituents is 1. The fourth-order valence-electron chi connectivity index (χ4n) is 1.91. The number of rotatable bonds is 3. The maximum atomic E-state index is 10.7. The fourth-order valence-corrected chi connectivity index (χ4v) is 1.91. The van der Waals surface area contributed by atoms with Crippen molar-refractivity contribution in [3.8, 4) is 0 Å². The van der Waals surface area contributed by atoms with Crippen LogP contribution < -0.4 is 4.90 Å². The Bertz CT molecular complexity index is 439. The van der Waals surface area contributed by atoms with Crippen LogP contribution in [0.1, 0.15) is 5.56 Å². The number of morpholine rings is 1. The average molecular weight is 234 g/mol. The second kappa shape index (κ2) is 4.97. The fraction of sp³-hybridized carbons (Fsp3) is 0.333. The molecular weight excluding hydrogens is 220 g/mol. The number of hydrogen-bond donors (Lipinski definition) is 0. The minimum absolute atomic E-state index is 0.0944. The molecule has 90 valence electrons. The highest BCUT2D eigenvalue weighted by molar-refractivity contribution is 5.69. The third-order valence-corrected chi connectivity index (χ3v) is 2.79. The van der Waals surface area contributed by atoms with E-state index in [0.717, 1.165) is 24.3 Å². The van der Waals surface area contributed by atoms with Gasteiger partial charge in [0.15, 0.2) is 0 Å². The molecular formula is C12H14N2O3. The zero-order valence-electron chi connectivity index (χ0n) is 9.46. The van der Waals surface area contributed by atoms with Gasteiger partial charge >= 0.3 is 0 Å². The maximum absolute atomic E-state index is 10.7. The average Bonchev–Trinajstić information content (AvgIpc) is 2.39. The molecule has 1 aromatic rings. The third kappa shape index (κ3) is 2.45. The molecule has 5 nitrogen and oxygen atoms in total. The third-order valence-electron chi connectivity index (χ3n) is 2.79. The summed E-state index contributed by atoms with van der Waals surface area (Å²) in [6.07, 6.45) is 1.65. The molecule has 0 spiro atoms. The van der Waals surface area contributed by atoms with E-state index in [1.807, 2.05) is 0 Å². The second-order valence-electron chi connectivity index (χ2n) is 3.80. The Labute approximate surface area is 99.5 Å². The molecule has 0 bridgehead atoms. The summed E-state index contributed by atoms with van der Waals surface area (Å²) in [6, 6.07) is 4.86. The van der Waals surface area contributed by atoms with Crippen LogP contribution in [0.3, 0.4) is 0 Å². The highest BCUT2D eigenvalue weighted by Crippen LogP contribution is 2.26. The lowest BCUT2D eigenvalue weighted by Crippen LogP contribution is -2.36. The van der Waals surface area contributed by atoms with Crippen LogP contribution in [0.5, 0.6) is 0 Å². The van der Waals surface area contributed by atoms with Gasteiger partial charge in [-0.25, -0.2) is 0 Å². The van der Waals surface area contributed by atoms with Crippen LogP contribution in [0.4, 0.5) is 11.4 Å². The van der Waals surface area contributed by atoms with Crippen molar-refractivity contribution < 1.29 is 9.66 Å². The molecule has 1 heterocycles. The minimum atomic E-state index is -0.393. The van der Waals surface area contributed by atoms with Crippen molar-refractivity contribution >= 4 is 17.5 Å². The zero-order valence-corrected chi connectivity index (χ0v) is 9.46. The summed E-state index contributed by atoms with van der Waals surface area (Å²) in [5, 5.41) is 10.7. The van der Waals surface area contributed by atoms with Crippen molar-refractivity contribution in [1.29, 1.82) is 0 Å². The largest absolute Gasteiger partial charge is 0.378 e. The van der Waals surface area contributed by atoms with E-state index < -0.39 is 4.92 Å². The van der Waals surface area contributed by atoms with Gasteiger partial charge in [-0.3, -0.25) is 10.1 Å². The van der Waals surface area contributed by atoms with Gasteiger partial charge < -0.3 is 9.64 Å². The van der Waals surface area contributed by atoms with Gasteiger partial charge in [-0.15, -0.1) is 0 Å². The summed E-state index contributed by atoms with van der Waals surface area (Å²) < 4.78 is 5.28. The molecule has 1 aliphatic rings. The molecule has 0 unspecified atom stereocenters. The highest BCUT2D eigenvalue weighted by Gasteiger charge is 2.16. The number of benzene rings is 1. The number of ether oxygens (including phenoxy) is 1. The van der Waals surface area contributed by atoms with E-state index in [4.69, 9.17) is 4.74 Å². The quantitative estimate of drug-likeness (QED) is 0.593. The molecule has 0 saturated carbocycles. The Kier molecular flexibility index (Phi) is 3.39. The molecule has 17 heavy (non-hydrogen) atoms. The van der Waals surface area contributed by atoms with E-state index in [1.54, 1.807) is 18.2 Å². The van der Waals surface area contributed by atoms with E-state index in [2.05, 4.69) is 11.5 Å². The first-order valence-electron chi connectivity index (χ1n) is 5.46. The first-order chi connectivity index (χ1) is 8.22. The minimum Gasteiger partial charge on any atom is -0.378 e. The van der Waals surface area contributed by atoms with Gasteiger partial charge in [-0.1, -0.05) is 12.7 Å². The van der Waals surface area contributed by atoms with Crippen LogP contribution in [0, 0.1) is 10.1 Å². The van der Waals surface area contributed by atoms with Crippen LogP contribution in [0.2, 0.25) is 0 Å². The van der Waals surface area contributed by atoms with Gasteiger partial charge in [0, 0.05) is 36.5 Å². The Morgan fingerprint density at radius 1 is 1.41 bits per heavy atom. The van der Waals surface area contributed by atoms with Gasteiger partial charge in [0.1, 0.15) is 0 Å². The van der Waals surface area contributed by atoms with Gasteiger partial charge in [-0.2, -0.15) is 0 Å². The standard InChI is InChI=1S/C12H14N2O3/c1-2-10-9-11(14(15)16)3-4-12(10)13-5-7-17-8-6-13/h2-4,9H,1,5-8H2. The van der Waals surface area contributed by atoms with Gasteiger partial charge in [0.05, 0.1) is 18.1 Å². The van der Waals surface area contributed by atoms with E-state index >= 15 is 0 Å². The summed E-state index contributed by atoms with van der Waals surface area (Å²) in [4.78, 5) is 12.5. The molecule has 5 heteroatoms. The topological polar surface area (TPSA) is 55.6 Å². The lowest BCUT2D eigenvalue weighted by molar-refractivity contribution is -0.384. The van der Waals surface area contributed by atoms with Gasteiger partial charge in [-0.05, 0) is 6.07 Å². The second-order valence-corrected chi connectivity index (χ2v) is 3.80. The maximum Gasteiger partial charge on any atom is 0.270 e. The highest BCUT2D eigenvalue weighted by atomic mass is 16.6. The van der Waals surface area contributed by atoms with Crippen molar-refractivity contribution in [1.82, 2.24) is 0 Å². The van der Waals surface area contributed by atoms with Crippen molar-refractivity contribution in [2.24, 2.45) is 0 Å². The monoisotopic (exact) mass is 234 g/mol. The molecule has 0 aliphatic carbocycles. The smallest absolute Gasteiger partial charge is 0.270 e. The first-order valence-corrected chi connectivity index (χ1v) is 5.46. The van der Waals surface area contributed by atoms with Gasteiger partial charge in [0.2, 0.25) is 0 Å². The Morgan fingerprint density at radius 2 is 2.12 bits per heavy atom. The Hall–Kier alpha value is -1.88. The lowest BCUT2D eigenvalue weighted by Gasteiger charge is -2.30. The Morgan fingerprint density at radius 3 is 2.71 bits per heavy atom. The first kappa shape index (κ1) is 11.6. The number of nitro benzene ring substituents is 1. The number of hydrogen-bond acceptors (Lipinski definition) is 4. The van der Waals surface area contributed by atoms with Crippen molar-refractivity contribution in [2.75, 3.05) is 31.2 Å². The molecule has 0 aromatic heterocycles. The van der Waals surface area contributed by atoms with E-state index in [9.17, 15) is 10.1 Å². The molecule has 1 fully saturated rings. The molecule has 1 aliphatic heterocycles. The van der Waals surface area contributed by atoms with E-state index in [0.29, 0.717) is 13.2 Å². The molecule has 0 atom stereocenters. The molecule has 0 radical (unpaired) electrons. The SMILES string of the molecule is C=Cc1cc([N+](=O)[O-])ccc1N1CCOCC1. The van der Waals surface area contributed by atoms with Crippen LogP contribution in [-0.2, 0) is 4.74 Å². The zero-order chi connectivity index (χ0) is 12.3. The van der Waals surface area contributed by atoms with Crippen molar-refractivity contribution in [2.45, 2.75) is 0 Å². The van der Waals surface area contributed by atoms with Crippen LogP contribution in [0.25, 0.3) is 6.08 Å². The molecule has 2 rings (SSSR count). The van der Waals surface area contributed by atoms with Crippen LogP contribution in [-0.4, -0.2) is 31.2 Å². The molecule has 1 aromatic carbocycles. The summed E-state index contributed by atoms with van der Waals surface area (Å²) in [6.45, 7) is 6.69. The summed E-state index contributed by atoms with van der Waals surface area (Å²) in [5.41, 5.74) is 1.87.